The van der Waals surface area contributed by atoms with Crippen molar-refractivity contribution in [3.8, 4) is 0 Å². The Hall–Kier alpha value is -3.39. The standard InChI is InChI=1S/C26H29N5O2S/c1-5-20-9-7-8-10-21(20)27-22(32)16-34-26-28-23-18(4)29-31(6-2)24(23)25(33)30(26)15-19-13-11-17(3)12-14-19/h7-14H,5-6,15-16H2,1-4H3,(H,27,32). The molecular weight excluding hydrogens is 446 g/mol. The first-order chi connectivity index (χ1) is 16.4. The van der Waals surface area contributed by atoms with Gasteiger partial charge in [0.2, 0.25) is 5.91 Å². The monoisotopic (exact) mass is 475 g/mol. The third-order valence-electron chi connectivity index (χ3n) is 5.75. The van der Waals surface area contributed by atoms with Gasteiger partial charge in [-0.2, -0.15) is 5.10 Å². The van der Waals surface area contributed by atoms with Gasteiger partial charge in [-0.1, -0.05) is 66.7 Å². The van der Waals surface area contributed by atoms with E-state index in [0.29, 0.717) is 35.0 Å². The molecule has 4 aromatic rings. The molecule has 7 nitrogen and oxygen atoms in total. The van der Waals surface area contributed by atoms with E-state index >= 15 is 0 Å². The van der Waals surface area contributed by atoms with E-state index in [-0.39, 0.29) is 17.2 Å². The fourth-order valence-electron chi connectivity index (χ4n) is 3.91. The number of para-hydroxylation sites is 1. The van der Waals surface area contributed by atoms with Gasteiger partial charge in [-0.25, -0.2) is 4.98 Å². The molecule has 0 saturated carbocycles. The quantitative estimate of drug-likeness (QED) is 0.298. The molecule has 1 N–H and O–H groups in total. The zero-order chi connectivity index (χ0) is 24.2. The molecule has 34 heavy (non-hydrogen) atoms. The van der Waals surface area contributed by atoms with Crippen molar-refractivity contribution in [2.75, 3.05) is 11.1 Å². The highest BCUT2D eigenvalue weighted by molar-refractivity contribution is 7.99. The Labute approximate surface area is 203 Å². The normalized spacial score (nSPS) is 11.2. The molecule has 0 spiro atoms. The summed E-state index contributed by atoms with van der Waals surface area (Å²) in [6.07, 6.45) is 0.832. The first-order valence-corrected chi connectivity index (χ1v) is 12.4. The number of carbonyl (C=O) groups is 1. The van der Waals surface area contributed by atoms with Gasteiger partial charge in [-0.05, 0) is 44.4 Å². The number of thioether (sulfide) groups is 1. The number of anilines is 1. The fraction of sp³-hybridized carbons (Fsp3) is 0.308. The second-order valence-electron chi connectivity index (χ2n) is 8.22. The van der Waals surface area contributed by atoms with Crippen molar-refractivity contribution >= 4 is 34.4 Å². The van der Waals surface area contributed by atoms with Crippen LogP contribution in [-0.4, -0.2) is 31.0 Å². The van der Waals surface area contributed by atoms with Crippen molar-refractivity contribution < 1.29 is 4.79 Å². The molecule has 0 fully saturated rings. The highest BCUT2D eigenvalue weighted by atomic mass is 32.2. The number of aromatic nitrogens is 4. The lowest BCUT2D eigenvalue weighted by Gasteiger charge is -2.14. The van der Waals surface area contributed by atoms with E-state index < -0.39 is 0 Å². The zero-order valence-corrected chi connectivity index (χ0v) is 20.8. The Morgan fingerprint density at radius 2 is 1.79 bits per heavy atom. The number of nitrogens with zero attached hydrogens (tertiary/aromatic N) is 4. The van der Waals surface area contributed by atoms with E-state index in [1.165, 1.54) is 11.8 Å². The van der Waals surface area contributed by atoms with Crippen molar-refractivity contribution in [2.45, 2.75) is 52.4 Å². The first-order valence-electron chi connectivity index (χ1n) is 11.4. The molecule has 1 amide bonds. The highest BCUT2D eigenvalue weighted by Crippen LogP contribution is 2.22. The molecule has 0 saturated heterocycles. The SMILES string of the molecule is CCc1ccccc1NC(=O)CSc1nc2c(C)nn(CC)c2c(=O)n1Cc1ccc(C)cc1. The van der Waals surface area contributed by atoms with Gasteiger partial charge in [-0.3, -0.25) is 18.8 Å². The maximum absolute atomic E-state index is 13.6. The largest absolute Gasteiger partial charge is 0.325 e. The number of amides is 1. The third-order valence-corrected chi connectivity index (χ3v) is 6.72. The van der Waals surface area contributed by atoms with Crippen molar-refractivity contribution in [3.63, 3.8) is 0 Å². The van der Waals surface area contributed by atoms with Crippen LogP contribution >= 0.6 is 11.8 Å². The van der Waals surface area contributed by atoms with Gasteiger partial charge in [0, 0.05) is 12.2 Å². The maximum Gasteiger partial charge on any atom is 0.280 e. The van der Waals surface area contributed by atoms with E-state index in [1.54, 1.807) is 9.25 Å². The minimum atomic E-state index is -0.146. The number of aryl methyl sites for hydroxylation is 4. The Balaban J connectivity index is 1.67. The van der Waals surface area contributed by atoms with Crippen LogP contribution in [0.2, 0.25) is 0 Å². The number of hydrogen-bond acceptors (Lipinski definition) is 5. The summed E-state index contributed by atoms with van der Waals surface area (Å²) in [6.45, 7) is 8.85. The molecule has 0 atom stereocenters. The predicted octanol–water partition coefficient (Wildman–Crippen LogP) is 4.57. The summed E-state index contributed by atoms with van der Waals surface area (Å²) < 4.78 is 3.35. The first kappa shape index (κ1) is 23.8. The van der Waals surface area contributed by atoms with E-state index in [2.05, 4.69) is 17.3 Å². The maximum atomic E-state index is 13.6. The minimum absolute atomic E-state index is 0.136. The molecule has 2 heterocycles. The molecule has 0 aliphatic rings. The van der Waals surface area contributed by atoms with Crippen molar-refractivity contribution in [1.29, 1.82) is 0 Å². The topological polar surface area (TPSA) is 81.8 Å². The van der Waals surface area contributed by atoms with Crippen LogP contribution in [0.5, 0.6) is 0 Å². The Morgan fingerprint density at radius 1 is 1.06 bits per heavy atom. The smallest absolute Gasteiger partial charge is 0.280 e. The van der Waals surface area contributed by atoms with Crippen molar-refractivity contribution in [3.05, 3.63) is 81.3 Å². The summed E-state index contributed by atoms with van der Waals surface area (Å²) in [6, 6.07) is 15.9. The minimum Gasteiger partial charge on any atom is -0.325 e. The molecule has 0 unspecified atom stereocenters. The van der Waals surface area contributed by atoms with Gasteiger partial charge in [-0.15, -0.1) is 0 Å². The van der Waals surface area contributed by atoms with E-state index in [9.17, 15) is 9.59 Å². The Bertz CT molecular complexity index is 1390. The summed E-state index contributed by atoms with van der Waals surface area (Å²) >= 11 is 1.27. The lowest BCUT2D eigenvalue weighted by Crippen LogP contribution is -2.26. The molecule has 4 rings (SSSR count). The second-order valence-corrected chi connectivity index (χ2v) is 9.16. The van der Waals surface area contributed by atoms with E-state index in [1.807, 2.05) is 69.3 Å². The fourth-order valence-corrected chi connectivity index (χ4v) is 4.70. The number of nitrogens with one attached hydrogen (secondary N) is 1. The number of hydrogen-bond donors (Lipinski definition) is 1. The van der Waals surface area contributed by atoms with Crippen molar-refractivity contribution in [1.82, 2.24) is 19.3 Å². The number of benzene rings is 2. The van der Waals surface area contributed by atoms with Gasteiger partial charge < -0.3 is 5.32 Å². The molecular formula is C26H29N5O2S. The second kappa shape index (κ2) is 10.3. The molecule has 176 valence electrons. The molecule has 0 bridgehead atoms. The summed E-state index contributed by atoms with van der Waals surface area (Å²) in [5, 5.41) is 7.99. The van der Waals surface area contributed by atoms with Gasteiger partial charge in [0.25, 0.3) is 5.56 Å². The van der Waals surface area contributed by atoms with Gasteiger partial charge in [0.1, 0.15) is 5.52 Å². The van der Waals surface area contributed by atoms with E-state index in [4.69, 9.17) is 4.98 Å². The molecule has 2 aromatic carbocycles. The van der Waals surface area contributed by atoms with Gasteiger partial charge in [0.05, 0.1) is 18.0 Å². The summed E-state index contributed by atoms with van der Waals surface area (Å²) in [7, 11) is 0. The van der Waals surface area contributed by atoms with Crippen LogP contribution in [0.15, 0.2) is 58.5 Å². The van der Waals surface area contributed by atoms with Crippen LogP contribution in [0.3, 0.4) is 0 Å². The lowest BCUT2D eigenvalue weighted by molar-refractivity contribution is -0.113. The molecule has 0 radical (unpaired) electrons. The van der Waals surface area contributed by atoms with Crippen molar-refractivity contribution in [2.24, 2.45) is 0 Å². The van der Waals surface area contributed by atoms with Gasteiger partial charge >= 0.3 is 0 Å². The van der Waals surface area contributed by atoms with Gasteiger partial charge in [0.15, 0.2) is 10.7 Å². The lowest BCUT2D eigenvalue weighted by atomic mass is 10.1. The van der Waals surface area contributed by atoms with Crippen LogP contribution in [0.25, 0.3) is 11.0 Å². The number of carbonyl (C=O) groups excluding carboxylic acids is 1. The Morgan fingerprint density at radius 3 is 2.50 bits per heavy atom. The zero-order valence-electron chi connectivity index (χ0n) is 20.0. The number of rotatable bonds is 8. The molecule has 0 aliphatic carbocycles. The molecule has 2 aromatic heterocycles. The summed E-state index contributed by atoms with van der Waals surface area (Å²) in [5.74, 6) is 0.00769. The Kier molecular flexibility index (Phi) is 7.17. The van der Waals surface area contributed by atoms with E-state index in [0.717, 1.165) is 28.8 Å². The summed E-state index contributed by atoms with van der Waals surface area (Å²) in [4.78, 5) is 31.1. The van der Waals surface area contributed by atoms with Crippen LogP contribution in [-0.2, 0) is 24.3 Å². The molecule has 8 heteroatoms. The van der Waals surface area contributed by atoms with Crippen LogP contribution in [0.4, 0.5) is 5.69 Å². The van der Waals surface area contributed by atoms with Crippen LogP contribution in [0, 0.1) is 13.8 Å². The van der Waals surface area contributed by atoms with Crippen LogP contribution < -0.4 is 10.9 Å². The third kappa shape index (κ3) is 4.92. The average Bonchev–Trinajstić information content (AvgIpc) is 3.17. The molecule has 0 aliphatic heterocycles. The highest BCUT2D eigenvalue weighted by Gasteiger charge is 2.19. The average molecular weight is 476 g/mol. The predicted molar refractivity (Wildman–Crippen MR) is 138 cm³/mol. The van der Waals surface area contributed by atoms with Crippen LogP contribution in [0.1, 0.15) is 36.2 Å². The summed E-state index contributed by atoms with van der Waals surface area (Å²) in [5.41, 5.74) is 5.70. The number of fused-ring (bicyclic) bond motifs is 1.